The second kappa shape index (κ2) is 5.47. The highest BCUT2D eigenvalue weighted by Crippen LogP contribution is 2.32. The van der Waals surface area contributed by atoms with Crippen LogP contribution in [0.5, 0.6) is 0 Å². The van der Waals surface area contributed by atoms with Crippen LogP contribution in [0.2, 0.25) is 0 Å². The van der Waals surface area contributed by atoms with Crippen molar-refractivity contribution in [3.05, 3.63) is 41.3 Å². The molecule has 0 saturated heterocycles. The third-order valence-electron chi connectivity index (χ3n) is 3.94. The molecule has 0 spiro atoms. The first-order valence-corrected chi connectivity index (χ1v) is 7.58. The van der Waals surface area contributed by atoms with Crippen LogP contribution in [0, 0.1) is 0 Å². The van der Waals surface area contributed by atoms with Crippen molar-refractivity contribution in [2.75, 3.05) is 0 Å². The van der Waals surface area contributed by atoms with E-state index >= 15 is 0 Å². The van der Waals surface area contributed by atoms with E-state index in [-0.39, 0.29) is 6.04 Å². The smallest absolute Gasteiger partial charge is 0.0954 e. The van der Waals surface area contributed by atoms with E-state index in [9.17, 15) is 0 Å². The number of nitrogens with zero attached hydrogens (tertiary/aromatic N) is 2. The monoisotopic (exact) mass is 319 g/mol. The molecule has 0 bridgehead atoms. The molecule has 1 aliphatic rings. The summed E-state index contributed by atoms with van der Waals surface area (Å²) in [4.78, 5) is 4.33. The number of nitrogens with two attached hydrogens (primary N) is 1. The predicted octanol–water partition coefficient (Wildman–Crippen LogP) is 3.76. The second-order valence-corrected chi connectivity index (χ2v) is 6.12. The maximum atomic E-state index is 6.29. The summed E-state index contributed by atoms with van der Waals surface area (Å²) in [5.41, 5.74) is 8.64. The molecule has 1 heterocycles. The fourth-order valence-corrected chi connectivity index (χ4v) is 3.16. The molecule has 2 atom stereocenters. The topological polar surface area (TPSA) is 43.8 Å². The van der Waals surface area contributed by atoms with Crippen LogP contribution in [0.1, 0.15) is 31.7 Å². The summed E-state index contributed by atoms with van der Waals surface area (Å²) >= 11 is 3.47. The van der Waals surface area contributed by atoms with Crippen LogP contribution in [0.25, 0.3) is 11.3 Å². The molecule has 2 unspecified atom stereocenters. The first-order valence-electron chi connectivity index (χ1n) is 6.79. The van der Waals surface area contributed by atoms with Crippen molar-refractivity contribution in [1.82, 2.24) is 9.55 Å². The number of hydrogen-bond donors (Lipinski definition) is 1. The molecule has 1 aliphatic carbocycles. The van der Waals surface area contributed by atoms with E-state index in [1.807, 2.05) is 12.5 Å². The number of imidazole rings is 1. The lowest BCUT2D eigenvalue weighted by molar-refractivity contribution is 0.308. The lowest BCUT2D eigenvalue weighted by Crippen LogP contribution is -2.35. The van der Waals surface area contributed by atoms with Crippen LogP contribution in [0.4, 0.5) is 0 Å². The first-order chi connectivity index (χ1) is 9.25. The van der Waals surface area contributed by atoms with Gasteiger partial charge in [-0.25, -0.2) is 4.98 Å². The molecule has 3 nitrogen and oxygen atoms in total. The Morgan fingerprint density at radius 3 is 2.63 bits per heavy atom. The summed E-state index contributed by atoms with van der Waals surface area (Å²) in [5.74, 6) is 0. The Hall–Kier alpha value is -1.13. The average molecular weight is 320 g/mol. The molecule has 19 heavy (non-hydrogen) atoms. The molecule has 3 rings (SSSR count). The molecule has 1 fully saturated rings. The normalized spacial score (nSPS) is 23.5. The molecule has 0 radical (unpaired) electrons. The van der Waals surface area contributed by atoms with Gasteiger partial charge in [-0.15, -0.1) is 0 Å². The van der Waals surface area contributed by atoms with E-state index in [4.69, 9.17) is 5.73 Å². The average Bonchev–Trinajstić information content (AvgIpc) is 2.89. The van der Waals surface area contributed by atoms with E-state index in [0.717, 1.165) is 23.0 Å². The van der Waals surface area contributed by atoms with Gasteiger partial charge in [-0.2, -0.15) is 0 Å². The molecular formula is C15H18BrN3. The summed E-state index contributed by atoms with van der Waals surface area (Å²) in [6, 6.07) is 8.99. The summed E-state index contributed by atoms with van der Waals surface area (Å²) in [7, 11) is 0. The number of benzene rings is 1. The molecule has 0 aliphatic heterocycles. The highest BCUT2D eigenvalue weighted by molar-refractivity contribution is 9.10. The molecule has 1 aromatic carbocycles. The minimum atomic E-state index is 0.247. The van der Waals surface area contributed by atoms with Gasteiger partial charge in [0.25, 0.3) is 0 Å². The van der Waals surface area contributed by atoms with Crippen molar-refractivity contribution in [1.29, 1.82) is 0 Å². The summed E-state index contributed by atoms with van der Waals surface area (Å²) in [6.07, 6.45) is 8.64. The predicted molar refractivity (Wildman–Crippen MR) is 80.8 cm³/mol. The number of rotatable bonds is 2. The van der Waals surface area contributed by atoms with Gasteiger partial charge in [-0.05, 0) is 30.5 Å². The zero-order valence-electron chi connectivity index (χ0n) is 10.8. The van der Waals surface area contributed by atoms with Crippen molar-refractivity contribution in [2.45, 2.75) is 37.8 Å². The highest BCUT2D eigenvalue weighted by Gasteiger charge is 2.25. The van der Waals surface area contributed by atoms with Crippen LogP contribution >= 0.6 is 15.9 Å². The Balaban J connectivity index is 1.95. The second-order valence-electron chi connectivity index (χ2n) is 5.21. The minimum Gasteiger partial charge on any atom is -0.326 e. The van der Waals surface area contributed by atoms with Gasteiger partial charge >= 0.3 is 0 Å². The summed E-state index contributed by atoms with van der Waals surface area (Å²) < 4.78 is 3.35. The lowest BCUT2D eigenvalue weighted by atomic mass is 9.90. The van der Waals surface area contributed by atoms with Gasteiger partial charge in [0.05, 0.1) is 24.3 Å². The first kappa shape index (κ1) is 12.9. The standard InChI is InChI=1S/C15H18BrN3/c16-12-7-5-11(6-8-12)15-9-18-10-19(15)14-4-2-1-3-13(14)17/h5-10,13-14H,1-4,17H2. The van der Waals surface area contributed by atoms with Gasteiger partial charge < -0.3 is 10.3 Å². The van der Waals surface area contributed by atoms with E-state index in [0.29, 0.717) is 6.04 Å². The molecule has 100 valence electrons. The Labute approximate surface area is 122 Å². The molecular weight excluding hydrogens is 302 g/mol. The van der Waals surface area contributed by atoms with Crippen molar-refractivity contribution >= 4 is 15.9 Å². The van der Waals surface area contributed by atoms with Crippen LogP contribution in [-0.4, -0.2) is 15.6 Å². The third kappa shape index (κ3) is 2.60. The van der Waals surface area contributed by atoms with Gasteiger partial charge in [-0.3, -0.25) is 0 Å². The highest BCUT2D eigenvalue weighted by atomic mass is 79.9. The van der Waals surface area contributed by atoms with Crippen LogP contribution in [-0.2, 0) is 0 Å². The SMILES string of the molecule is NC1CCCCC1n1cncc1-c1ccc(Br)cc1. The minimum absolute atomic E-state index is 0.247. The van der Waals surface area contributed by atoms with Crippen molar-refractivity contribution < 1.29 is 0 Å². The van der Waals surface area contributed by atoms with E-state index in [1.54, 1.807) is 0 Å². The van der Waals surface area contributed by atoms with E-state index in [2.05, 4.69) is 49.7 Å². The van der Waals surface area contributed by atoms with Gasteiger partial charge in [0, 0.05) is 10.5 Å². The molecule has 1 saturated carbocycles. The summed E-state index contributed by atoms with van der Waals surface area (Å²) in [6.45, 7) is 0. The largest absolute Gasteiger partial charge is 0.326 e. The maximum Gasteiger partial charge on any atom is 0.0954 e. The summed E-state index contributed by atoms with van der Waals surface area (Å²) in [5, 5.41) is 0. The quantitative estimate of drug-likeness (QED) is 0.916. The van der Waals surface area contributed by atoms with Gasteiger partial charge in [0.1, 0.15) is 0 Å². The lowest BCUT2D eigenvalue weighted by Gasteiger charge is -2.30. The van der Waals surface area contributed by atoms with Gasteiger partial charge in [-0.1, -0.05) is 40.9 Å². The molecule has 2 aromatic rings. The zero-order valence-corrected chi connectivity index (χ0v) is 12.4. The maximum absolute atomic E-state index is 6.29. The van der Waals surface area contributed by atoms with Crippen molar-refractivity contribution in [3.63, 3.8) is 0 Å². The molecule has 1 aromatic heterocycles. The Kier molecular flexibility index (Phi) is 3.71. The van der Waals surface area contributed by atoms with Crippen molar-refractivity contribution in [3.8, 4) is 11.3 Å². The molecule has 4 heteroatoms. The Bertz CT molecular complexity index is 547. The third-order valence-corrected chi connectivity index (χ3v) is 4.47. The number of aromatic nitrogens is 2. The van der Waals surface area contributed by atoms with E-state index in [1.165, 1.54) is 18.4 Å². The van der Waals surface area contributed by atoms with Crippen LogP contribution in [0.3, 0.4) is 0 Å². The van der Waals surface area contributed by atoms with Crippen LogP contribution < -0.4 is 5.73 Å². The van der Waals surface area contributed by atoms with Crippen LogP contribution in [0.15, 0.2) is 41.3 Å². The van der Waals surface area contributed by atoms with E-state index < -0.39 is 0 Å². The Morgan fingerprint density at radius 1 is 1.16 bits per heavy atom. The molecule has 0 amide bonds. The van der Waals surface area contributed by atoms with Gasteiger partial charge in [0.2, 0.25) is 0 Å². The number of hydrogen-bond acceptors (Lipinski definition) is 2. The fourth-order valence-electron chi connectivity index (χ4n) is 2.90. The Morgan fingerprint density at radius 2 is 1.89 bits per heavy atom. The zero-order chi connectivity index (χ0) is 13.2. The van der Waals surface area contributed by atoms with Crippen molar-refractivity contribution in [2.24, 2.45) is 5.73 Å². The number of halogens is 1. The fraction of sp³-hybridized carbons (Fsp3) is 0.400. The molecule has 2 N–H and O–H groups in total. The van der Waals surface area contributed by atoms with Gasteiger partial charge in [0.15, 0.2) is 0 Å².